The molecule has 0 saturated carbocycles. The van der Waals surface area contributed by atoms with Gasteiger partial charge in [0.1, 0.15) is 11.6 Å². The first-order valence-electron chi connectivity index (χ1n) is 15.6. The van der Waals surface area contributed by atoms with Crippen molar-refractivity contribution in [3.63, 3.8) is 0 Å². The van der Waals surface area contributed by atoms with Crippen molar-refractivity contribution in [3.05, 3.63) is 97.1 Å². The summed E-state index contributed by atoms with van der Waals surface area (Å²) >= 11 is 0. The summed E-state index contributed by atoms with van der Waals surface area (Å²) in [7, 11) is 0. The van der Waals surface area contributed by atoms with Gasteiger partial charge in [0.05, 0.1) is 30.1 Å². The van der Waals surface area contributed by atoms with Crippen molar-refractivity contribution in [1.82, 2.24) is 14.7 Å². The van der Waals surface area contributed by atoms with Crippen molar-refractivity contribution in [2.75, 3.05) is 19.7 Å². The Morgan fingerprint density at radius 1 is 1.05 bits per heavy atom. The summed E-state index contributed by atoms with van der Waals surface area (Å²) in [5.74, 6) is -2.59. The van der Waals surface area contributed by atoms with Crippen LogP contribution in [0.15, 0.2) is 86.0 Å². The van der Waals surface area contributed by atoms with Crippen LogP contribution in [-0.4, -0.2) is 80.5 Å². The Kier molecular flexibility index (Phi) is 8.87. The van der Waals surface area contributed by atoms with Crippen LogP contribution in [0, 0.1) is 17.8 Å². The molecule has 234 valence electrons. The van der Waals surface area contributed by atoms with Crippen LogP contribution in [0.1, 0.15) is 51.3 Å². The van der Waals surface area contributed by atoms with Crippen LogP contribution in [0.4, 0.5) is 0 Å². The van der Waals surface area contributed by atoms with Gasteiger partial charge in [-0.1, -0.05) is 79.7 Å². The summed E-state index contributed by atoms with van der Waals surface area (Å²) in [6, 6.07) is 17.0. The molecule has 0 aromatic heterocycles. The second-order valence-electron chi connectivity index (χ2n) is 12.9. The van der Waals surface area contributed by atoms with Crippen molar-refractivity contribution in [3.8, 4) is 0 Å². The molecule has 0 aliphatic carbocycles. The summed E-state index contributed by atoms with van der Waals surface area (Å²) < 4.78 is 6.98. The third kappa shape index (κ3) is 4.98. The fourth-order valence-corrected chi connectivity index (χ4v) is 7.94. The molecular formula is C36H45N3O5. The lowest BCUT2D eigenvalue weighted by molar-refractivity contribution is -0.158. The molecule has 3 heterocycles. The standard InChI is InChI=1S/C36H45N3O5/c1-7-19-37(22-26-15-11-9-12-16-26)32(41)29-30-33(42)39(28(23-40)27-17-13-10-14-18-27)31(34(43)38(20-8-2)24(3)4)36(30)21-25(5)35(29,6)44-36/h7-18,24-25,28-31,40H,1-2,19-23H2,3-6H3/t25?,28-,29-,30+,31?,35+,36?/m1/s1. The van der Waals surface area contributed by atoms with Gasteiger partial charge in [-0.15, -0.1) is 13.2 Å². The second-order valence-corrected chi connectivity index (χ2v) is 12.9. The van der Waals surface area contributed by atoms with Crippen LogP contribution >= 0.6 is 0 Å². The molecule has 3 aliphatic heterocycles. The highest BCUT2D eigenvalue weighted by molar-refractivity contribution is 5.99. The Hall–Kier alpha value is -3.75. The van der Waals surface area contributed by atoms with Gasteiger partial charge < -0.3 is 24.5 Å². The molecule has 7 atom stereocenters. The normalized spacial score (nSPS) is 29.4. The summed E-state index contributed by atoms with van der Waals surface area (Å²) in [4.78, 5) is 49.2. The third-order valence-corrected chi connectivity index (χ3v) is 10.1. The van der Waals surface area contributed by atoms with E-state index in [1.807, 2.05) is 88.4 Å². The number of aliphatic hydroxyl groups excluding tert-OH is 1. The number of amides is 3. The monoisotopic (exact) mass is 599 g/mol. The number of rotatable bonds is 12. The smallest absolute Gasteiger partial charge is 0.248 e. The molecule has 0 radical (unpaired) electrons. The lowest BCUT2D eigenvalue weighted by Crippen LogP contribution is -2.58. The summed E-state index contributed by atoms with van der Waals surface area (Å²) in [6.07, 6.45) is 3.82. The lowest BCUT2D eigenvalue weighted by Gasteiger charge is -2.40. The molecule has 3 fully saturated rings. The molecule has 1 spiro atoms. The molecule has 8 nitrogen and oxygen atoms in total. The number of fused-ring (bicyclic) bond motifs is 1. The van der Waals surface area contributed by atoms with E-state index in [9.17, 15) is 19.5 Å². The number of carbonyl (C=O) groups excluding carboxylic acids is 3. The molecular weight excluding hydrogens is 554 g/mol. The Balaban J connectivity index is 1.65. The van der Waals surface area contributed by atoms with Gasteiger partial charge in [0.25, 0.3) is 0 Å². The molecule has 3 unspecified atom stereocenters. The number of hydrogen-bond donors (Lipinski definition) is 1. The number of ether oxygens (including phenoxy) is 1. The molecule has 3 saturated heterocycles. The van der Waals surface area contributed by atoms with Crippen molar-refractivity contribution in [2.45, 2.75) is 70.0 Å². The van der Waals surface area contributed by atoms with E-state index in [2.05, 4.69) is 13.2 Å². The number of hydrogen-bond acceptors (Lipinski definition) is 5. The maximum atomic E-state index is 14.9. The topological polar surface area (TPSA) is 90.4 Å². The van der Waals surface area contributed by atoms with E-state index in [0.717, 1.165) is 5.56 Å². The van der Waals surface area contributed by atoms with Crippen molar-refractivity contribution in [2.24, 2.45) is 17.8 Å². The molecule has 3 aliphatic rings. The van der Waals surface area contributed by atoms with Gasteiger partial charge in [0.2, 0.25) is 17.7 Å². The van der Waals surface area contributed by atoms with E-state index in [1.54, 1.807) is 22.0 Å². The number of carbonyl (C=O) groups is 3. The zero-order valence-electron chi connectivity index (χ0n) is 26.3. The number of likely N-dealkylation sites (tertiary alicyclic amines) is 1. The fraction of sp³-hybridized carbons (Fsp3) is 0.472. The summed E-state index contributed by atoms with van der Waals surface area (Å²) in [6.45, 7) is 16.2. The van der Waals surface area contributed by atoms with Gasteiger partial charge in [-0.05, 0) is 44.2 Å². The first-order chi connectivity index (χ1) is 21.0. The van der Waals surface area contributed by atoms with E-state index >= 15 is 0 Å². The van der Waals surface area contributed by atoms with Crippen LogP contribution in [0.5, 0.6) is 0 Å². The largest absolute Gasteiger partial charge is 0.394 e. The highest BCUT2D eigenvalue weighted by Crippen LogP contribution is 2.66. The van der Waals surface area contributed by atoms with Gasteiger partial charge in [0, 0.05) is 25.7 Å². The average molecular weight is 600 g/mol. The Morgan fingerprint density at radius 3 is 2.23 bits per heavy atom. The van der Waals surface area contributed by atoms with Gasteiger partial charge >= 0.3 is 0 Å². The van der Waals surface area contributed by atoms with Crippen LogP contribution in [0.2, 0.25) is 0 Å². The van der Waals surface area contributed by atoms with Crippen LogP contribution in [-0.2, 0) is 25.7 Å². The second kappa shape index (κ2) is 12.3. The molecule has 2 aromatic rings. The van der Waals surface area contributed by atoms with Gasteiger partial charge in [-0.3, -0.25) is 14.4 Å². The van der Waals surface area contributed by atoms with Gasteiger partial charge in [-0.2, -0.15) is 0 Å². The molecule has 1 N–H and O–H groups in total. The quantitative estimate of drug-likeness (QED) is 0.366. The molecule has 8 heteroatoms. The minimum atomic E-state index is -1.23. The molecule has 5 rings (SSSR count). The van der Waals surface area contributed by atoms with E-state index in [-0.39, 0.29) is 36.3 Å². The highest BCUT2D eigenvalue weighted by atomic mass is 16.5. The third-order valence-electron chi connectivity index (χ3n) is 10.1. The number of nitrogens with zero attached hydrogens (tertiary/aromatic N) is 3. The van der Waals surface area contributed by atoms with Crippen LogP contribution in [0.25, 0.3) is 0 Å². The average Bonchev–Trinajstić information content (AvgIpc) is 3.53. The summed E-state index contributed by atoms with van der Waals surface area (Å²) in [5.41, 5.74) is -0.508. The Labute approximate surface area is 261 Å². The zero-order chi connectivity index (χ0) is 31.8. The predicted molar refractivity (Wildman–Crippen MR) is 169 cm³/mol. The van der Waals surface area contributed by atoms with Crippen LogP contribution < -0.4 is 0 Å². The number of benzene rings is 2. The van der Waals surface area contributed by atoms with Crippen molar-refractivity contribution >= 4 is 17.7 Å². The van der Waals surface area contributed by atoms with E-state index < -0.39 is 35.1 Å². The van der Waals surface area contributed by atoms with E-state index in [0.29, 0.717) is 31.6 Å². The first kappa shape index (κ1) is 31.7. The summed E-state index contributed by atoms with van der Waals surface area (Å²) in [5, 5.41) is 10.8. The molecule has 2 bridgehead atoms. The SMILES string of the molecule is C=CCN(Cc1ccccc1)C(=O)[C@H]1[C@H]2C(=O)N([C@H](CO)c3ccccc3)C(C(=O)N(CC=C)C(C)C)C23CC(C)[C@]1(C)O3. The Bertz CT molecular complexity index is 1400. The van der Waals surface area contributed by atoms with E-state index in [1.165, 1.54) is 4.90 Å². The zero-order valence-corrected chi connectivity index (χ0v) is 26.3. The maximum absolute atomic E-state index is 14.9. The maximum Gasteiger partial charge on any atom is 0.248 e. The molecule has 44 heavy (non-hydrogen) atoms. The van der Waals surface area contributed by atoms with E-state index in [4.69, 9.17) is 4.74 Å². The predicted octanol–water partition coefficient (Wildman–Crippen LogP) is 4.37. The minimum absolute atomic E-state index is 0.103. The van der Waals surface area contributed by atoms with Crippen molar-refractivity contribution < 1.29 is 24.2 Å². The molecule has 3 amide bonds. The lowest BCUT2D eigenvalue weighted by atomic mass is 9.62. The molecule has 2 aromatic carbocycles. The first-order valence-corrected chi connectivity index (χ1v) is 15.6. The Morgan fingerprint density at radius 2 is 1.66 bits per heavy atom. The van der Waals surface area contributed by atoms with Crippen molar-refractivity contribution in [1.29, 1.82) is 0 Å². The minimum Gasteiger partial charge on any atom is -0.394 e. The van der Waals surface area contributed by atoms with Crippen LogP contribution in [0.3, 0.4) is 0 Å². The fourth-order valence-electron chi connectivity index (χ4n) is 7.94. The van der Waals surface area contributed by atoms with Gasteiger partial charge in [0.15, 0.2) is 0 Å². The van der Waals surface area contributed by atoms with Gasteiger partial charge in [-0.25, -0.2) is 0 Å². The highest BCUT2D eigenvalue weighted by Gasteiger charge is 2.80. The number of aliphatic hydroxyl groups is 1.